The number of hydrogen-bond acceptors (Lipinski definition) is 7. The lowest BCUT2D eigenvalue weighted by molar-refractivity contribution is -0.116. The molecule has 3 heterocycles. The third kappa shape index (κ3) is 3.88. The predicted molar refractivity (Wildman–Crippen MR) is 108 cm³/mol. The third-order valence-corrected chi connectivity index (χ3v) is 4.40. The minimum Gasteiger partial charge on any atom is -0.493 e. The van der Waals surface area contributed by atoms with Gasteiger partial charge in [0, 0.05) is 23.5 Å². The smallest absolute Gasteiger partial charge is 0.274 e. The molecular weight excluding hydrogens is 388 g/mol. The van der Waals surface area contributed by atoms with Gasteiger partial charge in [0.2, 0.25) is 11.7 Å². The van der Waals surface area contributed by atoms with E-state index in [2.05, 4.69) is 25.7 Å². The van der Waals surface area contributed by atoms with Crippen molar-refractivity contribution >= 4 is 11.7 Å². The topological polar surface area (TPSA) is 120 Å². The van der Waals surface area contributed by atoms with Crippen molar-refractivity contribution in [1.82, 2.24) is 24.9 Å². The molecule has 0 atom stereocenters. The van der Waals surface area contributed by atoms with Gasteiger partial charge in [-0.05, 0) is 37.3 Å². The summed E-state index contributed by atoms with van der Waals surface area (Å²) in [5.74, 6) is 2.12. The fourth-order valence-corrected chi connectivity index (χ4v) is 2.99. The Kier molecular flexibility index (Phi) is 5.21. The molecule has 1 aromatic carbocycles. The van der Waals surface area contributed by atoms with Crippen LogP contribution in [0.3, 0.4) is 0 Å². The van der Waals surface area contributed by atoms with Gasteiger partial charge in [-0.1, -0.05) is 5.16 Å². The van der Waals surface area contributed by atoms with Crippen LogP contribution >= 0.6 is 0 Å². The van der Waals surface area contributed by atoms with Crippen molar-refractivity contribution in [2.75, 3.05) is 19.5 Å². The van der Waals surface area contributed by atoms with Gasteiger partial charge in [0.1, 0.15) is 12.2 Å². The zero-order valence-corrected chi connectivity index (χ0v) is 16.7. The van der Waals surface area contributed by atoms with E-state index in [1.54, 1.807) is 49.2 Å². The van der Waals surface area contributed by atoms with Crippen molar-refractivity contribution in [3.05, 3.63) is 48.3 Å². The standard InChI is InChI=1S/C20H20N6O4/c1-12-9-17(24-23-12)21-18(27)11-26-8-4-5-14(26)20-22-19(25-30-20)13-6-7-15(28-2)16(10-13)29-3/h4-10H,11H2,1-3H3,(H2,21,23,24,27). The van der Waals surface area contributed by atoms with E-state index in [1.807, 2.05) is 19.1 Å². The summed E-state index contributed by atoms with van der Waals surface area (Å²) in [5.41, 5.74) is 2.20. The third-order valence-electron chi connectivity index (χ3n) is 4.40. The van der Waals surface area contributed by atoms with Crippen LogP contribution in [0.25, 0.3) is 23.0 Å². The van der Waals surface area contributed by atoms with Gasteiger partial charge in [0.25, 0.3) is 5.89 Å². The molecule has 0 saturated carbocycles. The van der Waals surface area contributed by atoms with Gasteiger partial charge in [-0.3, -0.25) is 9.89 Å². The first-order valence-corrected chi connectivity index (χ1v) is 9.11. The molecule has 10 nitrogen and oxygen atoms in total. The monoisotopic (exact) mass is 408 g/mol. The van der Waals surface area contributed by atoms with Gasteiger partial charge in [0.15, 0.2) is 17.3 Å². The molecule has 0 fully saturated rings. The number of nitrogens with zero attached hydrogens (tertiary/aromatic N) is 4. The molecule has 10 heteroatoms. The number of methoxy groups -OCH3 is 2. The first-order chi connectivity index (χ1) is 14.6. The van der Waals surface area contributed by atoms with E-state index in [0.717, 1.165) is 5.69 Å². The molecular formula is C20H20N6O4. The fraction of sp³-hybridized carbons (Fsp3) is 0.200. The van der Waals surface area contributed by atoms with Crippen LogP contribution in [0.5, 0.6) is 11.5 Å². The molecule has 0 aliphatic carbocycles. The number of H-pyrrole nitrogens is 1. The highest BCUT2D eigenvalue weighted by Crippen LogP contribution is 2.32. The predicted octanol–water partition coefficient (Wildman–Crippen LogP) is 2.89. The van der Waals surface area contributed by atoms with Gasteiger partial charge in [-0.15, -0.1) is 0 Å². The maximum Gasteiger partial charge on any atom is 0.274 e. The molecule has 154 valence electrons. The van der Waals surface area contributed by atoms with E-state index in [-0.39, 0.29) is 12.5 Å². The number of aromatic nitrogens is 5. The number of hydrogen-bond donors (Lipinski definition) is 2. The number of anilines is 1. The van der Waals surface area contributed by atoms with Crippen LogP contribution < -0.4 is 14.8 Å². The van der Waals surface area contributed by atoms with Crippen LogP contribution in [-0.2, 0) is 11.3 Å². The molecule has 4 rings (SSSR count). The molecule has 4 aromatic rings. The van der Waals surface area contributed by atoms with Crippen molar-refractivity contribution in [2.24, 2.45) is 0 Å². The second kappa shape index (κ2) is 8.11. The Labute approximate surface area is 171 Å². The minimum absolute atomic E-state index is 0.0717. The van der Waals surface area contributed by atoms with Crippen molar-refractivity contribution in [3.8, 4) is 34.5 Å². The van der Waals surface area contributed by atoms with Gasteiger partial charge in [0.05, 0.1) is 14.2 Å². The lowest BCUT2D eigenvalue weighted by atomic mass is 10.2. The molecule has 0 aliphatic heterocycles. The van der Waals surface area contributed by atoms with Crippen LogP contribution in [0.4, 0.5) is 5.82 Å². The Morgan fingerprint density at radius 2 is 2.03 bits per heavy atom. The fourth-order valence-electron chi connectivity index (χ4n) is 2.99. The summed E-state index contributed by atoms with van der Waals surface area (Å²) < 4.78 is 17.7. The van der Waals surface area contributed by atoms with Crippen LogP contribution in [0.2, 0.25) is 0 Å². The van der Waals surface area contributed by atoms with Gasteiger partial charge < -0.3 is 23.9 Å². The van der Waals surface area contributed by atoms with E-state index < -0.39 is 0 Å². The van der Waals surface area contributed by atoms with Crippen LogP contribution in [0, 0.1) is 6.92 Å². The maximum atomic E-state index is 12.4. The molecule has 0 unspecified atom stereocenters. The number of benzene rings is 1. The summed E-state index contributed by atoms with van der Waals surface area (Å²) >= 11 is 0. The Morgan fingerprint density at radius 1 is 1.20 bits per heavy atom. The molecule has 1 amide bonds. The van der Waals surface area contributed by atoms with E-state index >= 15 is 0 Å². The average Bonchev–Trinajstić information content (AvgIpc) is 3.48. The van der Waals surface area contributed by atoms with Crippen LogP contribution in [0.15, 0.2) is 47.1 Å². The zero-order valence-electron chi connectivity index (χ0n) is 16.7. The van der Waals surface area contributed by atoms with E-state index in [9.17, 15) is 4.79 Å². The van der Waals surface area contributed by atoms with Crippen molar-refractivity contribution in [2.45, 2.75) is 13.5 Å². The number of rotatable bonds is 7. The van der Waals surface area contributed by atoms with Crippen molar-refractivity contribution in [3.63, 3.8) is 0 Å². The van der Waals surface area contributed by atoms with Gasteiger partial charge in [-0.2, -0.15) is 10.1 Å². The molecule has 0 aliphatic rings. The molecule has 2 N–H and O–H groups in total. The summed E-state index contributed by atoms with van der Waals surface area (Å²) in [5, 5.41) is 13.6. The minimum atomic E-state index is -0.224. The normalized spacial score (nSPS) is 10.8. The Morgan fingerprint density at radius 3 is 2.77 bits per heavy atom. The highest BCUT2D eigenvalue weighted by molar-refractivity contribution is 5.89. The number of carbonyl (C=O) groups is 1. The largest absolute Gasteiger partial charge is 0.493 e. The summed E-state index contributed by atoms with van der Waals surface area (Å²) in [6, 6.07) is 10.7. The average molecular weight is 408 g/mol. The van der Waals surface area contributed by atoms with E-state index in [0.29, 0.717) is 40.3 Å². The molecule has 30 heavy (non-hydrogen) atoms. The lowest BCUT2D eigenvalue weighted by Gasteiger charge is -2.07. The first-order valence-electron chi connectivity index (χ1n) is 9.11. The summed E-state index contributed by atoms with van der Waals surface area (Å²) in [6.45, 7) is 1.93. The second-order valence-corrected chi connectivity index (χ2v) is 6.50. The SMILES string of the molecule is COc1ccc(-c2noc(-c3cccn3CC(=O)Nc3cc(C)[nH]n3)n2)cc1OC. The quantitative estimate of drug-likeness (QED) is 0.482. The Hall–Kier alpha value is -4.08. The lowest BCUT2D eigenvalue weighted by Crippen LogP contribution is -2.19. The zero-order chi connectivity index (χ0) is 21.1. The number of carbonyl (C=O) groups excluding carboxylic acids is 1. The molecule has 0 spiro atoms. The Balaban J connectivity index is 1.53. The van der Waals surface area contributed by atoms with E-state index in [1.165, 1.54) is 0 Å². The number of nitrogens with one attached hydrogen (secondary N) is 2. The number of aryl methyl sites for hydroxylation is 1. The van der Waals surface area contributed by atoms with Crippen molar-refractivity contribution in [1.29, 1.82) is 0 Å². The highest BCUT2D eigenvalue weighted by atomic mass is 16.5. The summed E-state index contributed by atoms with van der Waals surface area (Å²) in [6.07, 6.45) is 1.77. The number of aromatic amines is 1. The van der Waals surface area contributed by atoms with E-state index in [4.69, 9.17) is 14.0 Å². The first kappa shape index (κ1) is 19.2. The molecule has 0 radical (unpaired) electrons. The number of amides is 1. The molecule has 0 saturated heterocycles. The Bertz CT molecular complexity index is 1180. The maximum absolute atomic E-state index is 12.4. The number of ether oxygens (including phenoxy) is 2. The van der Waals surface area contributed by atoms with Crippen LogP contribution in [0.1, 0.15) is 5.69 Å². The summed E-state index contributed by atoms with van der Waals surface area (Å²) in [4.78, 5) is 16.8. The molecule has 3 aromatic heterocycles. The molecule has 0 bridgehead atoms. The highest BCUT2D eigenvalue weighted by Gasteiger charge is 2.17. The summed E-state index contributed by atoms with van der Waals surface area (Å²) in [7, 11) is 3.13. The van der Waals surface area contributed by atoms with Crippen LogP contribution in [-0.4, -0.2) is 45.0 Å². The van der Waals surface area contributed by atoms with Crippen molar-refractivity contribution < 1.29 is 18.8 Å². The van der Waals surface area contributed by atoms with Gasteiger partial charge in [-0.25, -0.2) is 0 Å². The second-order valence-electron chi connectivity index (χ2n) is 6.50. The van der Waals surface area contributed by atoms with Gasteiger partial charge >= 0.3 is 0 Å².